The van der Waals surface area contributed by atoms with E-state index < -0.39 is 0 Å². The number of hydrogen-bond acceptors (Lipinski definition) is 2. The molecule has 0 atom stereocenters. The lowest BCUT2D eigenvalue weighted by molar-refractivity contribution is 0.302. The molecule has 0 unspecified atom stereocenters. The van der Waals surface area contributed by atoms with Crippen LogP contribution in [-0.2, 0) is 18.6 Å². The van der Waals surface area contributed by atoms with Crippen molar-refractivity contribution in [1.29, 1.82) is 0 Å². The molecule has 3 heteroatoms. The Hall–Kier alpha value is -1.87. The summed E-state index contributed by atoms with van der Waals surface area (Å²) in [6.07, 6.45) is 0. The lowest BCUT2D eigenvalue weighted by Crippen LogP contribution is -2.11. The fourth-order valence-electron chi connectivity index (χ4n) is 2.11. The number of ether oxygens (including phenoxy) is 1. The SMILES string of the molecule is CC(C)(C)c1ccc(COc2ccc(F)cc2CN)cc1. The van der Waals surface area contributed by atoms with E-state index in [2.05, 4.69) is 45.0 Å². The molecular formula is C18H22FNO. The van der Waals surface area contributed by atoms with Crippen molar-refractivity contribution in [1.82, 2.24) is 0 Å². The minimum Gasteiger partial charge on any atom is -0.489 e. The maximum absolute atomic E-state index is 13.1. The van der Waals surface area contributed by atoms with Crippen LogP contribution in [0.5, 0.6) is 5.75 Å². The molecule has 0 amide bonds. The minimum absolute atomic E-state index is 0.142. The predicted octanol–water partition coefficient (Wildman–Crippen LogP) is 4.16. The van der Waals surface area contributed by atoms with Gasteiger partial charge in [0, 0.05) is 12.1 Å². The number of nitrogens with two attached hydrogens (primary N) is 1. The number of benzene rings is 2. The lowest BCUT2D eigenvalue weighted by Gasteiger charge is -2.19. The van der Waals surface area contributed by atoms with Gasteiger partial charge in [0.15, 0.2) is 0 Å². The summed E-state index contributed by atoms with van der Waals surface area (Å²) in [5, 5.41) is 0. The van der Waals surface area contributed by atoms with Crippen LogP contribution in [0.3, 0.4) is 0 Å². The van der Waals surface area contributed by atoms with Crippen LogP contribution in [0.4, 0.5) is 4.39 Å². The zero-order valence-electron chi connectivity index (χ0n) is 12.8. The molecule has 2 aromatic carbocycles. The number of rotatable bonds is 4. The van der Waals surface area contributed by atoms with Crippen LogP contribution in [0.2, 0.25) is 0 Å². The van der Waals surface area contributed by atoms with Gasteiger partial charge in [-0.25, -0.2) is 4.39 Å². The van der Waals surface area contributed by atoms with E-state index in [1.54, 1.807) is 6.07 Å². The van der Waals surface area contributed by atoms with Gasteiger partial charge in [0.05, 0.1) is 0 Å². The Morgan fingerprint density at radius 2 is 1.71 bits per heavy atom. The highest BCUT2D eigenvalue weighted by molar-refractivity contribution is 5.34. The number of hydrogen-bond donors (Lipinski definition) is 1. The van der Waals surface area contributed by atoms with Gasteiger partial charge in [-0.1, -0.05) is 45.0 Å². The average molecular weight is 287 g/mol. The third kappa shape index (κ3) is 4.05. The molecule has 0 aliphatic rings. The van der Waals surface area contributed by atoms with Crippen molar-refractivity contribution in [3.8, 4) is 5.75 Å². The van der Waals surface area contributed by atoms with Gasteiger partial charge in [-0.05, 0) is 34.7 Å². The third-order valence-electron chi connectivity index (χ3n) is 3.46. The molecule has 0 fully saturated rings. The number of halogens is 1. The summed E-state index contributed by atoms with van der Waals surface area (Å²) < 4.78 is 18.9. The fourth-order valence-corrected chi connectivity index (χ4v) is 2.11. The summed E-state index contributed by atoms with van der Waals surface area (Å²) in [5.74, 6) is 0.344. The van der Waals surface area contributed by atoms with Gasteiger partial charge in [0.2, 0.25) is 0 Å². The Morgan fingerprint density at radius 3 is 2.29 bits per heavy atom. The summed E-state index contributed by atoms with van der Waals surface area (Å²) in [5.41, 5.74) is 8.80. The Kier molecular flexibility index (Phi) is 4.63. The van der Waals surface area contributed by atoms with Crippen molar-refractivity contribution in [2.24, 2.45) is 5.73 Å². The standard InChI is InChI=1S/C18H22FNO/c1-18(2,3)15-6-4-13(5-7-15)12-21-17-9-8-16(19)10-14(17)11-20/h4-10H,11-12,20H2,1-3H3. The van der Waals surface area contributed by atoms with Crippen molar-refractivity contribution in [3.63, 3.8) is 0 Å². The third-order valence-corrected chi connectivity index (χ3v) is 3.46. The minimum atomic E-state index is -0.294. The van der Waals surface area contributed by atoms with Gasteiger partial charge in [-0.3, -0.25) is 0 Å². The predicted molar refractivity (Wildman–Crippen MR) is 83.8 cm³/mol. The van der Waals surface area contributed by atoms with Crippen LogP contribution in [-0.4, -0.2) is 0 Å². The van der Waals surface area contributed by atoms with Crippen LogP contribution in [0, 0.1) is 5.82 Å². The molecule has 0 aliphatic heterocycles. The van der Waals surface area contributed by atoms with Gasteiger partial charge in [-0.2, -0.15) is 0 Å². The van der Waals surface area contributed by atoms with Crippen LogP contribution in [0.25, 0.3) is 0 Å². The highest BCUT2D eigenvalue weighted by Gasteiger charge is 2.13. The van der Waals surface area contributed by atoms with Crippen molar-refractivity contribution >= 4 is 0 Å². The first-order valence-electron chi connectivity index (χ1n) is 7.11. The Morgan fingerprint density at radius 1 is 1.05 bits per heavy atom. The van der Waals surface area contributed by atoms with E-state index in [1.165, 1.54) is 17.7 Å². The van der Waals surface area contributed by atoms with Crippen LogP contribution in [0.1, 0.15) is 37.5 Å². The van der Waals surface area contributed by atoms with Crippen molar-refractivity contribution in [2.45, 2.75) is 39.3 Å². The molecule has 112 valence electrons. The molecule has 21 heavy (non-hydrogen) atoms. The van der Waals surface area contributed by atoms with E-state index in [4.69, 9.17) is 10.5 Å². The molecule has 0 heterocycles. The van der Waals surface area contributed by atoms with Crippen molar-refractivity contribution < 1.29 is 9.13 Å². The highest BCUT2D eigenvalue weighted by atomic mass is 19.1. The van der Waals surface area contributed by atoms with Gasteiger partial charge in [0.1, 0.15) is 18.2 Å². The Labute approximate surface area is 125 Å². The summed E-state index contributed by atoms with van der Waals surface area (Å²) >= 11 is 0. The lowest BCUT2D eigenvalue weighted by atomic mass is 9.87. The molecule has 2 nitrogen and oxygen atoms in total. The topological polar surface area (TPSA) is 35.2 Å². The summed E-state index contributed by atoms with van der Waals surface area (Å²) in [7, 11) is 0. The second-order valence-corrected chi connectivity index (χ2v) is 6.19. The van der Waals surface area contributed by atoms with E-state index in [1.807, 2.05) is 0 Å². The van der Waals surface area contributed by atoms with Crippen molar-refractivity contribution in [2.75, 3.05) is 0 Å². The summed E-state index contributed by atoms with van der Waals surface area (Å²) in [6, 6.07) is 12.8. The van der Waals surface area contributed by atoms with Crippen LogP contribution in [0.15, 0.2) is 42.5 Å². The Bertz CT molecular complexity index is 600. The van der Waals surface area contributed by atoms with Gasteiger partial charge >= 0.3 is 0 Å². The molecule has 2 rings (SSSR count). The molecule has 0 aliphatic carbocycles. The van der Waals surface area contributed by atoms with Gasteiger partial charge < -0.3 is 10.5 Å². The van der Waals surface area contributed by atoms with Crippen LogP contribution >= 0.6 is 0 Å². The summed E-state index contributed by atoms with van der Waals surface area (Å²) in [4.78, 5) is 0. The van der Waals surface area contributed by atoms with Gasteiger partial charge in [0.25, 0.3) is 0 Å². The molecule has 0 spiro atoms. The maximum atomic E-state index is 13.1. The molecular weight excluding hydrogens is 265 g/mol. The molecule has 2 aromatic rings. The van der Waals surface area contributed by atoms with E-state index in [0.29, 0.717) is 17.9 Å². The quantitative estimate of drug-likeness (QED) is 0.916. The first-order chi connectivity index (χ1) is 9.90. The first kappa shape index (κ1) is 15.5. The largest absolute Gasteiger partial charge is 0.489 e. The molecule has 0 aromatic heterocycles. The fraction of sp³-hybridized carbons (Fsp3) is 0.333. The average Bonchev–Trinajstić information content (AvgIpc) is 2.45. The summed E-state index contributed by atoms with van der Waals surface area (Å²) in [6.45, 7) is 7.26. The Balaban J connectivity index is 2.07. The molecule has 0 bridgehead atoms. The smallest absolute Gasteiger partial charge is 0.124 e. The van der Waals surface area contributed by atoms with Crippen molar-refractivity contribution in [3.05, 3.63) is 65.0 Å². The molecule has 0 saturated heterocycles. The van der Waals surface area contributed by atoms with E-state index in [0.717, 1.165) is 5.56 Å². The van der Waals surface area contributed by atoms with E-state index in [9.17, 15) is 4.39 Å². The first-order valence-corrected chi connectivity index (χ1v) is 7.11. The zero-order chi connectivity index (χ0) is 15.5. The zero-order valence-corrected chi connectivity index (χ0v) is 12.8. The second kappa shape index (κ2) is 6.27. The maximum Gasteiger partial charge on any atom is 0.124 e. The van der Waals surface area contributed by atoms with Crippen LogP contribution < -0.4 is 10.5 Å². The van der Waals surface area contributed by atoms with E-state index in [-0.39, 0.29) is 17.8 Å². The molecule has 2 N–H and O–H groups in total. The molecule has 0 saturated carbocycles. The molecule has 0 radical (unpaired) electrons. The van der Waals surface area contributed by atoms with Gasteiger partial charge in [-0.15, -0.1) is 0 Å². The monoisotopic (exact) mass is 287 g/mol. The normalized spacial score (nSPS) is 11.5. The second-order valence-electron chi connectivity index (χ2n) is 6.19. The van der Waals surface area contributed by atoms with E-state index >= 15 is 0 Å². The highest BCUT2D eigenvalue weighted by Crippen LogP contribution is 2.23.